The predicted octanol–water partition coefficient (Wildman–Crippen LogP) is 4.32. The monoisotopic (exact) mass is 468 g/mol. The maximum atomic E-state index is 11.8. The van der Waals surface area contributed by atoms with Crippen molar-refractivity contribution in [3.8, 4) is 0 Å². The number of hydrogen-bond donors (Lipinski definition) is 0. The van der Waals surface area contributed by atoms with Gasteiger partial charge < -0.3 is 9.80 Å². The first-order valence-corrected chi connectivity index (χ1v) is 12.9. The molecule has 0 atom stereocenters. The van der Waals surface area contributed by atoms with Crippen LogP contribution in [0.25, 0.3) is 0 Å². The molecule has 3 heterocycles. The van der Waals surface area contributed by atoms with Crippen LogP contribution in [0, 0.1) is 11.8 Å². The summed E-state index contributed by atoms with van der Waals surface area (Å²) in [4.78, 5) is 13.3. The molecule has 0 saturated carbocycles. The van der Waals surface area contributed by atoms with Crippen LogP contribution in [0.5, 0.6) is 0 Å². The topological polar surface area (TPSA) is 66.4 Å². The van der Waals surface area contributed by atoms with Gasteiger partial charge in [-0.3, -0.25) is 4.98 Å². The third-order valence-corrected chi connectivity index (χ3v) is 8.10. The van der Waals surface area contributed by atoms with Crippen molar-refractivity contribution in [2.45, 2.75) is 30.6 Å². The zero-order chi connectivity index (χ0) is 21.3. The Labute approximate surface area is 188 Å². The van der Waals surface area contributed by atoms with Gasteiger partial charge in [0.2, 0.25) is 0 Å². The van der Waals surface area contributed by atoms with Crippen LogP contribution in [0.3, 0.4) is 0 Å². The average Bonchev–Trinajstić information content (AvgIpc) is 2.73. The van der Waals surface area contributed by atoms with E-state index in [0.29, 0.717) is 10.2 Å². The number of nitrogens with zero attached hydrogens (tertiary/aromatic N) is 4. The van der Waals surface area contributed by atoms with Crippen molar-refractivity contribution < 1.29 is 8.42 Å². The number of anilines is 2. The van der Waals surface area contributed by atoms with E-state index in [9.17, 15) is 8.42 Å². The molecule has 0 aliphatic carbocycles. The molecule has 4 rings (SSSR count). The predicted molar refractivity (Wildman–Crippen MR) is 121 cm³/mol. The second-order valence-electron chi connectivity index (χ2n) is 8.24. The van der Waals surface area contributed by atoms with Crippen LogP contribution in [0.1, 0.15) is 25.7 Å². The Bertz CT molecular complexity index is 1000. The highest BCUT2D eigenvalue weighted by atomic mass is 35.5. The van der Waals surface area contributed by atoms with Crippen LogP contribution in [-0.2, 0) is 9.84 Å². The van der Waals surface area contributed by atoms with Gasteiger partial charge in [-0.05, 0) is 55.7 Å². The van der Waals surface area contributed by atoms with Crippen LogP contribution in [0.2, 0.25) is 10.2 Å². The molecule has 1 aromatic heterocycles. The molecule has 162 valence electrons. The summed E-state index contributed by atoms with van der Waals surface area (Å²) in [6.07, 6.45) is 9.14. The Morgan fingerprint density at radius 1 is 0.933 bits per heavy atom. The van der Waals surface area contributed by atoms with Gasteiger partial charge in [-0.1, -0.05) is 23.2 Å². The fraction of sp³-hybridized carbons (Fsp3) is 0.524. The molecule has 0 amide bonds. The smallest absolute Gasteiger partial charge is 0.176 e. The molecule has 30 heavy (non-hydrogen) atoms. The highest BCUT2D eigenvalue weighted by Gasteiger charge is 2.30. The lowest BCUT2D eigenvalue weighted by atomic mass is 9.78. The van der Waals surface area contributed by atoms with Gasteiger partial charge in [-0.25, -0.2) is 13.4 Å². The summed E-state index contributed by atoms with van der Waals surface area (Å²) in [5.74, 6) is 2.32. The Kier molecular flexibility index (Phi) is 6.42. The minimum absolute atomic E-state index is 0.193. The molecule has 2 saturated heterocycles. The van der Waals surface area contributed by atoms with Crippen LogP contribution >= 0.6 is 23.2 Å². The lowest BCUT2D eigenvalue weighted by molar-refractivity contribution is 0.233. The van der Waals surface area contributed by atoms with Gasteiger partial charge in [-0.15, -0.1) is 0 Å². The normalized spacial score (nSPS) is 19.3. The summed E-state index contributed by atoms with van der Waals surface area (Å²) < 4.78 is 23.5. The number of piperidine rings is 2. The van der Waals surface area contributed by atoms with Gasteiger partial charge in [0.1, 0.15) is 11.0 Å². The molecule has 0 bridgehead atoms. The first-order chi connectivity index (χ1) is 14.3. The summed E-state index contributed by atoms with van der Waals surface area (Å²) in [7, 11) is -3.30. The lowest BCUT2D eigenvalue weighted by Crippen LogP contribution is -2.41. The molecule has 1 aromatic carbocycles. The van der Waals surface area contributed by atoms with Crippen LogP contribution in [-0.4, -0.2) is 50.8 Å². The van der Waals surface area contributed by atoms with Crippen molar-refractivity contribution in [2.75, 3.05) is 42.2 Å². The van der Waals surface area contributed by atoms with Gasteiger partial charge in [0.05, 0.1) is 22.3 Å². The quantitative estimate of drug-likeness (QED) is 0.665. The van der Waals surface area contributed by atoms with E-state index >= 15 is 0 Å². The fourth-order valence-corrected chi connectivity index (χ4v) is 6.17. The Balaban J connectivity index is 1.32. The van der Waals surface area contributed by atoms with Gasteiger partial charge in [0.15, 0.2) is 9.84 Å². The summed E-state index contributed by atoms with van der Waals surface area (Å²) >= 11 is 12.2. The van der Waals surface area contributed by atoms with E-state index in [4.69, 9.17) is 23.2 Å². The molecule has 9 heteroatoms. The molecule has 2 aliphatic heterocycles. The van der Waals surface area contributed by atoms with E-state index in [2.05, 4.69) is 19.8 Å². The van der Waals surface area contributed by atoms with Crippen molar-refractivity contribution in [2.24, 2.45) is 11.8 Å². The van der Waals surface area contributed by atoms with Crippen molar-refractivity contribution >= 4 is 44.5 Å². The minimum atomic E-state index is -3.30. The second kappa shape index (κ2) is 8.89. The van der Waals surface area contributed by atoms with Gasteiger partial charge in [0, 0.05) is 38.1 Å². The van der Waals surface area contributed by atoms with Gasteiger partial charge in [0.25, 0.3) is 0 Å². The van der Waals surface area contributed by atoms with Gasteiger partial charge >= 0.3 is 0 Å². The van der Waals surface area contributed by atoms with Crippen LogP contribution in [0.4, 0.5) is 11.5 Å². The molecular formula is C21H26Cl2N4O2S. The summed E-state index contributed by atoms with van der Waals surface area (Å²) in [5.41, 5.74) is 1.00. The molecule has 0 radical (unpaired) electrons. The molecule has 2 aliphatic rings. The molecule has 2 fully saturated rings. The van der Waals surface area contributed by atoms with E-state index in [1.165, 1.54) is 6.26 Å². The van der Waals surface area contributed by atoms with Gasteiger partial charge in [-0.2, -0.15) is 0 Å². The van der Waals surface area contributed by atoms with Crippen molar-refractivity contribution in [1.29, 1.82) is 0 Å². The highest BCUT2D eigenvalue weighted by molar-refractivity contribution is 7.90. The first-order valence-electron chi connectivity index (χ1n) is 10.3. The van der Waals surface area contributed by atoms with Crippen molar-refractivity contribution in [3.63, 3.8) is 0 Å². The molecule has 2 aromatic rings. The van der Waals surface area contributed by atoms with Crippen molar-refractivity contribution in [3.05, 3.63) is 40.8 Å². The molecule has 0 unspecified atom stereocenters. The number of halogens is 2. The van der Waals surface area contributed by atoms with Crippen molar-refractivity contribution in [1.82, 2.24) is 9.97 Å². The average molecular weight is 469 g/mol. The number of hydrogen-bond acceptors (Lipinski definition) is 6. The highest BCUT2D eigenvalue weighted by Crippen LogP contribution is 2.36. The lowest BCUT2D eigenvalue weighted by Gasteiger charge is -2.41. The van der Waals surface area contributed by atoms with Crippen LogP contribution in [0.15, 0.2) is 35.5 Å². The minimum Gasteiger partial charge on any atom is -0.371 e. The molecule has 0 spiro atoms. The Hall–Kier alpha value is -1.57. The maximum absolute atomic E-state index is 11.8. The standard InChI is InChI=1S/C21H26Cl2N4O2S/c1-30(28,29)19-3-2-17(12-18(19)22)26-8-4-15(5-9-26)16-6-10-27(11-7-16)21-14-24-13-20(23)25-21/h2-3,12-16H,4-11H2,1H3. The first kappa shape index (κ1) is 21.7. The zero-order valence-corrected chi connectivity index (χ0v) is 19.3. The summed E-state index contributed by atoms with van der Waals surface area (Å²) in [6.45, 7) is 3.92. The molecule has 0 N–H and O–H groups in total. The third kappa shape index (κ3) is 4.84. The third-order valence-electron chi connectivity index (χ3n) is 6.34. The van der Waals surface area contributed by atoms with E-state index < -0.39 is 9.84 Å². The summed E-state index contributed by atoms with van der Waals surface area (Å²) in [5, 5.41) is 0.736. The number of benzene rings is 1. The second-order valence-corrected chi connectivity index (χ2v) is 11.0. The largest absolute Gasteiger partial charge is 0.371 e. The van der Waals surface area contributed by atoms with E-state index in [-0.39, 0.29) is 4.90 Å². The van der Waals surface area contributed by atoms with E-state index in [1.807, 2.05) is 6.07 Å². The Morgan fingerprint density at radius 3 is 2.07 bits per heavy atom. The maximum Gasteiger partial charge on any atom is 0.176 e. The van der Waals surface area contributed by atoms with E-state index in [1.54, 1.807) is 24.5 Å². The molecule has 6 nitrogen and oxygen atoms in total. The van der Waals surface area contributed by atoms with E-state index in [0.717, 1.165) is 75.2 Å². The molecular weight excluding hydrogens is 443 g/mol. The number of sulfone groups is 1. The number of aromatic nitrogens is 2. The fourth-order valence-electron chi connectivity index (χ4n) is 4.70. The summed E-state index contributed by atoms with van der Waals surface area (Å²) in [6, 6.07) is 5.27. The Morgan fingerprint density at radius 2 is 1.53 bits per heavy atom. The zero-order valence-electron chi connectivity index (χ0n) is 17.0. The van der Waals surface area contributed by atoms with Crippen LogP contribution < -0.4 is 9.80 Å². The number of rotatable bonds is 4. The SMILES string of the molecule is CS(=O)(=O)c1ccc(N2CCC(C3CCN(c4cncc(Cl)n4)CC3)CC2)cc1Cl.